The van der Waals surface area contributed by atoms with Crippen LogP contribution in [0.1, 0.15) is 16.8 Å². The van der Waals surface area contributed by atoms with Gasteiger partial charge in [-0.25, -0.2) is 9.97 Å². The van der Waals surface area contributed by atoms with Gasteiger partial charge in [-0.2, -0.15) is 0 Å². The van der Waals surface area contributed by atoms with Crippen molar-refractivity contribution in [1.29, 1.82) is 0 Å². The van der Waals surface area contributed by atoms with Crippen molar-refractivity contribution in [3.05, 3.63) is 59.4 Å². The van der Waals surface area contributed by atoms with Crippen molar-refractivity contribution in [3.8, 4) is 23.0 Å². The lowest BCUT2D eigenvalue weighted by Gasteiger charge is -2.13. The summed E-state index contributed by atoms with van der Waals surface area (Å²) in [7, 11) is 1.53. The van der Waals surface area contributed by atoms with Crippen LogP contribution in [0.3, 0.4) is 0 Å². The van der Waals surface area contributed by atoms with E-state index in [1.165, 1.54) is 7.11 Å². The number of pyridine rings is 1. The van der Waals surface area contributed by atoms with Crippen molar-refractivity contribution in [2.24, 2.45) is 0 Å². The minimum atomic E-state index is 0.117. The quantitative estimate of drug-likeness (QED) is 0.742. The second kappa shape index (κ2) is 7.17. The summed E-state index contributed by atoms with van der Waals surface area (Å²) in [5.41, 5.74) is 3.54. The van der Waals surface area contributed by atoms with E-state index >= 15 is 0 Å². The molecule has 0 saturated carbocycles. The highest BCUT2D eigenvalue weighted by Gasteiger charge is 2.11. The maximum Gasteiger partial charge on any atom is 0.180 e. The Morgan fingerprint density at radius 2 is 1.96 bits per heavy atom. The van der Waals surface area contributed by atoms with E-state index in [2.05, 4.69) is 20.3 Å². The molecule has 0 spiro atoms. The summed E-state index contributed by atoms with van der Waals surface area (Å²) in [6.45, 7) is 4.45. The maximum absolute atomic E-state index is 9.89. The van der Waals surface area contributed by atoms with Crippen molar-refractivity contribution >= 4 is 5.82 Å². The maximum atomic E-state index is 9.89. The van der Waals surface area contributed by atoms with Crippen LogP contribution in [0, 0.1) is 13.8 Å². The number of phenols is 1. The Bertz CT molecular complexity index is 882. The third-order valence-electron chi connectivity index (χ3n) is 3.99. The second-order valence-electron chi connectivity index (χ2n) is 5.68. The fraction of sp³-hybridized carbons (Fsp3) is 0.211. The Kier molecular flexibility index (Phi) is 4.79. The molecular formula is C19H20N4O2. The van der Waals surface area contributed by atoms with Crippen LogP contribution >= 0.6 is 0 Å². The van der Waals surface area contributed by atoms with E-state index < -0.39 is 0 Å². The van der Waals surface area contributed by atoms with E-state index in [0.29, 0.717) is 18.1 Å². The molecule has 0 aliphatic heterocycles. The number of benzene rings is 1. The van der Waals surface area contributed by atoms with Gasteiger partial charge in [-0.3, -0.25) is 4.98 Å². The highest BCUT2D eigenvalue weighted by atomic mass is 16.5. The zero-order valence-corrected chi connectivity index (χ0v) is 14.4. The summed E-state index contributed by atoms with van der Waals surface area (Å²) < 4.78 is 5.06. The Hall–Kier alpha value is -3.15. The van der Waals surface area contributed by atoms with Crippen LogP contribution in [0.4, 0.5) is 5.82 Å². The van der Waals surface area contributed by atoms with E-state index in [-0.39, 0.29) is 5.75 Å². The van der Waals surface area contributed by atoms with Crippen LogP contribution in [0.25, 0.3) is 11.5 Å². The van der Waals surface area contributed by atoms with Gasteiger partial charge in [0.05, 0.1) is 7.11 Å². The molecular weight excluding hydrogens is 316 g/mol. The lowest BCUT2D eigenvalue weighted by Crippen LogP contribution is -2.07. The van der Waals surface area contributed by atoms with Crippen molar-refractivity contribution in [1.82, 2.24) is 15.0 Å². The molecule has 3 aromatic rings. The summed E-state index contributed by atoms with van der Waals surface area (Å²) in [4.78, 5) is 13.4. The first-order valence-corrected chi connectivity index (χ1v) is 7.95. The van der Waals surface area contributed by atoms with Crippen LogP contribution in [-0.2, 0) is 6.54 Å². The number of aromatic nitrogens is 3. The highest BCUT2D eigenvalue weighted by Crippen LogP contribution is 2.27. The van der Waals surface area contributed by atoms with Gasteiger partial charge in [0.25, 0.3) is 0 Å². The smallest absolute Gasteiger partial charge is 0.180 e. The largest absolute Gasteiger partial charge is 0.504 e. The number of anilines is 1. The molecule has 3 rings (SSSR count). The molecule has 0 saturated heterocycles. The molecule has 0 fully saturated rings. The lowest BCUT2D eigenvalue weighted by molar-refractivity contribution is 0.373. The van der Waals surface area contributed by atoms with E-state index in [1.54, 1.807) is 18.3 Å². The second-order valence-corrected chi connectivity index (χ2v) is 5.68. The van der Waals surface area contributed by atoms with Crippen molar-refractivity contribution in [2.75, 3.05) is 12.4 Å². The minimum absolute atomic E-state index is 0.117. The average Bonchev–Trinajstić information content (AvgIpc) is 2.63. The first-order chi connectivity index (χ1) is 12.1. The fourth-order valence-electron chi connectivity index (χ4n) is 2.44. The molecule has 6 nitrogen and oxygen atoms in total. The number of aryl methyl sites for hydroxylation is 1. The molecule has 2 N–H and O–H groups in total. The monoisotopic (exact) mass is 336 g/mol. The molecule has 1 aromatic carbocycles. The minimum Gasteiger partial charge on any atom is -0.504 e. The zero-order valence-electron chi connectivity index (χ0n) is 14.4. The van der Waals surface area contributed by atoms with Crippen LogP contribution in [0.2, 0.25) is 0 Å². The number of phenolic OH excluding ortho intramolecular Hbond substituents is 1. The number of nitrogens with zero attached hydrogens (tertiary/aromatic N) is 3. The van der Waals surface area contributed by atoms with Crippen LogP contribution < -0.4 is 10.1 Å². The van der Waals surface area contributed by atoms with Gasteiger partial charge in [0.15, 0.2) is 17.3 Å². The van der Waals surface area contributed by atoms with Gasteiger partial charge < -0.3 is 15.2 Å². The SMILES string of the molecule is COc1ccc(CNc2nc(-c3ccccn3)nc(C)c2C)cc1O. The first-order valence-electron chi connectivity index (χ1n) is 7.95. The van der Waals surface area contributed by atoms with Crippen LogP contribution in [-0.4, -0.2) is 27.2 Å². The van der Waals surface area contributed by atoms with Crippen molar-refractivity contribution in [3.63, 3.8) is 0 Å². The fourth-order valence-corrected chi connectivity index (χ4v) is 2.44. The van der Waals surface area contributed by atoms with Gasteiger partial charge >= 0.3 is 0 Å². The molecule has 0 atom stereocenters. The van der Waals surface area contributed by atoms with Crippen LogP contribution in [0.15, 0.2) is 42.6 Å². The number of aromatic hydroxyl groups is 1. The Morgan fingerprint density at radius 1 is 1.12 bits per heavy atom. The van der Waals surface area contributed by atoms with Gasteiger partial charge in [0.1, 0.15) is 11.5 Å². The lowest BCUT2D eigenvalue weighted by atomic mass is 10.2. The molecule has 0 unspecified atom stereocenters. The normalized spacial score (nSPS) is 10.5. The van der Waals surface area contributed by atoms with Gasteiger partial charge in [-0.1, -0.05) is 12.1 Å². The molecule has 0 aliphatic carbocycles. The Morgan fingerprint density at radius 3 is 2.64 bits per heavy atom. The molecule has 2 heterocycles. The number of hydrogen-bond acceptors (Lipinski definition) is 6. The number of nitrogens with one attached hydrogen (secondary N) is 1. The summed E-state index contributed by atoms with van der Waals surface area (Å²) in [5.74, 6) is 1.91. The molecule has 0 aliphatic rings. The predicted molar refractivity (Wildman–Crippen MR) is 96.7 cm³/mol. The number of rotatable bonds is 5. The molecule has 128 valence electrons. The predicted octanol–water partition coefficient (Wildman–Crippen LogP) is 3.48. The molecule has 6 heteroatoms. The molecule has 0 bridgehead atoms. The zero-order chi connectivity index (χ0) is 17.8. The molecule has 0 radical (unpaired) electrons. The Labute approximate surface area is 146 Å². The number of ether oxygens (including phenoxy) is 1. The van der Waals surface area contributed by atoms with Crippen molar-refractivity contribution < 1.29 is 9.84 Å². The topological polar surface area (TPSA) is 80.2 Å². The summed E-state index contributed by atoms with van der Waals surface area (Å²) in [5, 5.41) is 13.2. The van der Waals surface area contributed by atoms with E-state index in [9.17, 15) is 5.11 Å². The first kappa shape index (κ1) is 16.7. The standard InChI is InChI=1S/C19H20N4O2/c1-12-13(2)22-19(15-6-4-5-9-20-15)23-18(12)21-11-14-7-8-17(25-3)16(24)10-14/h4-10,24H,11H2,1-3H3,(H,21,22,23). The van der Waals surface area contributed by atoms with E-state index in [1.807, 2.05) is 38.1 Å². The summed E-state index contributed by atoms with van der Waals surface area (Å²) in [6, 6.07) is 11.0. The molecule has 2 aromatic heterocycles. The van der Waals surface area contributed by atoms with Gasteiger partial charge in [-0.05, 0) is 43.7 Å². The van der Waals surface area contributed by atoms with E-state index in [0.717, 1.165) is 28.3 Å². The molecule has 0 amide bonds. The highest BCUT2D eigenvalue weighted by molar-refractivity contribution is 5.56. The van der Waals surface area contributed by atoms with E-state index in [4.69, 9.17) is 4.74 Å². The van der Waals surface area contributed by atoms with Crippen molar-refractivity contribution in [2.45, 2.75) is 20.4 Å². The number of hydrogen-bond donors (Lipinski definition) is 2. The third kappa shape index (κ3) is 3.68. The van der Waals surface area contributed by atoms with Crippen LogP contribution in [0.5, 0.6) is 11.5 Å². The van der Waals surface area contributed by atoms with Gasteiger partial charge in [0, 0.05) is 24.0 Å². The summed E-state index contributed by atoms with van der Waals surface area (Å²) in [6.07, 6.45) is 1.72. The van der Waals surface area contributed by atoms with Gasteiger partial charge in [0.2, 0.25) is 0 Å². The number of methoxy groups -OCH3 is 1. The summed E-state index contributed by atoms with van der Waals surface area (Å²) >= 11 is 0. The third-order valence-corrected chi connectivity index (χ3v) is 3.99. The Balaban J connectivity index is 1.85. The average molecular weight is 336 g/mol. The van der Waals surface area contributed by atoms with Gasteiger partial charge in [-0.15, -0.1) is 0 Å². The molecule has 25 heavy (non-hydrogen) atoms.